The molecule has 3 nitrogen and oxygen atoms in total. The van der Waals surface area contributed by atoms with E-state index in [9.17, 15) is 0 Å². The monoisotopic (exact) mass is 254 g/mol. The highest BCUT2D eigenvalue weighted by molar-refractivity contribution is 5.80. The quantitative estimate of drug-likeness (QED) is 0.649. The molecule has 0 fully saturated rings. The predicted octanol–water partition coefficient (Wildman–Crippen LogP) is 3.84. The summed E-state index contributed by atoms with van der Waals surface area (Å²) in [4.78, 5) is 0. The molecule has 0 aromatic heterocycles. The molecule has 19 heavy (non-hydrogen) atoms. The maximum Gasteiger partial charge on any atom is 0.119 e. The number of hydrogen-bond acceptors (Lipinski definition) is 3. The largest absolute Gasteiger partial charge is 0.494 e. The summed E-state index contributed by atoms with van der Waals surface area (Å²) in [6, 6.07) is 16.0. The number of hydrogen-bond donors (Lipinski definition) is 1. The molecule has 1 N–H and O–H groups in total. The molecule has 0 bridgehead atoms. The molecule has 0 saturated heterocycles. The summed E-state index contributed by atoms with van der Waals surface area (Å²) in [5.74, 6) is 0.863. The Morgan fingerprint density at radius 3 is 2.68 bits per heavy atom. The van der Waals surface area contributed by atoms with E-state index in [4.69, 9.17) is 4.74 Å². The van der Waals surface area contributed by atoms with Crippen LogP contribution < -0.4 is 10.2 Å². The van der Waals surface area contributed by atoms with Gasteiger partial charge in [-0.15, -0.1) is 0 Å². The second kappa shape index (κ2) is 6.59. The molecule has 0 aliphatic carbocycles. The standard InChI is InChI=1S/C16H18N2O/c1-3-19-16-6-4-5-14(11-16)12-17-18-15-9-7-13(2)8-10-15/h4-12,18H,3H2,1-2H3/b17-12+. The molecule has 0 saturated carbocycles. The molecule has 0 atom stereocenters. The van der Waals surface area contributed by atoms with Crippen LogP contribution in [0.3, 0.4) is 0 Å². The molecule has 0 unspecified atom stereocenters. The topological polar surface area (TPSA) is 33.6 Å². The van der Waals surface area contributed by atoms with Crippen LogP contribution in [0.25, 0.3) is 0 Å². The molecular weight excluding hydrogens is 236 g/mol. The van der Waals surface area contributed by atoms with Crippen LogP contribution in [0.5, 0.6) is 5.75 Å². The van der Waals surface area contributed by atoms with Gasteiger partial charge < -0.3 is 4.74 Å². The lowest BCUT2D eigenvalue weighted by Gasteiger charge is -2.03. The second-order valence-electron chi connectivity index (χ2n) is 4.24. The van der Waals surface area contributed by atoms with Crippen LogP contribution >= 0.6 is 0 Å². The first-order chi connectivity index (χ1) is 9.28. The maximum absolute atomic E-state index is 5.44. The average molecular weight is 254 g/mol. The number of aryl methyl sites for hydroxylation is 1. The number of nitrogens with zero attached hydrogens (tertiary/aromatic N) is 1. The fraction of sp³-hybridized carbons (Fsp3) is 0.188. The van der Waals surface area contributed by atoms with Gasteiger partial charge in [0.05, 0.1) is 18.5 Å². The molecule has 0 aliphatic rings. The summed E-state index contributed by atoms with van der Waals surface area (Å²) >= 11 is 0. The summed E-state index contributed by atoms with van der Waals surface area (Å²) < 4.78 is 5.44. The third-order valence-corrected chi connectivity index (χ3v) is 2.63. The Kier molecular flexibility index (Phi) is 4.56. The predicted molar refractivity (Wildman–Crippen MR) is 80.0 cm³/mol. The highest BCUT2D eigenvalue weighted by Gasteiger charge is 1.93. The number of ether oxygens (including phenoxy) is 1. The first-order valence-corrected chi connectivity index (χ1v) is 6.36. The van der Waals surface area contributed by atoms with Crippen molar-refractivity contribution in [2.24, 2.45) is 5.10 Å². The van der Waals surface area contributed by atoms with Gasteiger partial charge in [-0.3, -0.25) is 5.43 Å². The zero-order valence-corrected chi connectivity index (χ0v) is 11.3. The van der Waals surface area contributed by atoms with Crippen molar-refractivity contribution in [2.45, 2.75) is 13.8 Å². The SMILES string of the molecule is CCOc1cccc(/C=N/Nc2ccc(C)cc2)c1. The van der Waals surface area contributed by atoms with Gasteiger partial charge in [0.2, 0.25) is 0 Å². The van der Waals surface area contributed by atoms with Crippen LogP contribution in [0.15, 0.2) is 53.6 Å². The summed E-state index contributed by atoms with van der Waals surface area (Å²) in [7, 11) is 0. The van der Waals surface area contributed by atoms with E-state index < -0.39 is 0 Å². The Balaban J connectivity index is 1.98. The number of hydrazone groups is 1. The van der Waals surface area contributed by atoms with Crippen molar-refractivity contribution in [2.75, 3.05) is 12.0 Å². The zero-order chi connectivity index (χ0) is 13.5. The minimum absolute atomic E-state index is 0.669. The first-order valence-electron chi connectivity index (χ1n) is 6.36. The van der Waals surface area contributed by atoms with Gasteiger partial charge in [-0.25, -0.2) is 0 Å². The van der Waals surface area contributed by atoms with Crippen molar-refractivity contribution in [3.8, 4) is 5.75 Å². The lowest BCUT2D eigenvalue weighted by molar-refractivity contribution is 0.340. The van der Waals surface area contributed by atoms with Crippen molar-refractivity contribution in [1.82, 2.24) is 0 Å². The van der Waals surface area contributed by atoms with E-state index in [0.717, 1.165) is 17.0 Å². The Morgan fingerprint density at radius 2 is 1.95 bits per heavy atom. The summed E-state index contributed by atoms with van der Waals surface area (Å²) in [6.45, 7) is 4.70. The fourth-order valence-electron chi connectivity index (χ4n) is 1.66. The van der Waals surface area contributed by atoms with E-state index in [1.807, 2.05) is 55.5 Å². The molecule has 0 radical (unpaired) electrons. The van der Waals surface area contributed by atoms with Gasteiger partial charge in [0, 0.05) is 0 Å². The second-order valence-corrected chi connectivity index (χ2v) is 4.24. The zero-order valence-electron chi connectivity index (χ0n) is 11.3. The van der Waals surface area contributed by atoms with Gasteiger partial charge in [0.25, 0.3) is 0 Å². The minimum atomic E-state index is 0.669. The van der Waals surface area contributed by atoms with Crippen molar-refractivity contribution >= 4 is 11.9 Å². The van der Waals surface area contributed by atoms with Crippen LogP contribution in [0.4, 0.5) is 5.69 Å². The summed E-state index contributed by atoms with van der Waals surface area (Å²) in [6.07, 6.45) is 1.78. The Labute approximate surface area is 113 Å². The molecule has 2 aromatic carbocycles. The van der Waals surface area contributed by atoms with Crippen LogP contribution in [-0.4, -0.2) is 12.8 Å². The van der Waals surface area contributed by atoms with E-state index >= 15 is 0 Å². The fourth-order valence-corrected chi connectivity index (χ4v) is 1.66. The van der Waals surface area contributed by atoms with E-state index in [0.29, 0.717) is 6.61 Å². The van der Waals surface area contributed by atoms with Gasteiger partial charge >= 0.3 is 0 Å². The summed E-state index contributed by atoms with van der Waals surface area (Å²) in [5, 5.41) is 4.21. The number of anilines is 1. The average Bonchev–Trinajstić information content (AvgIpc) is 2.42. The molecule has 98 valence electrons. The van der Waals surface area contributed by atoms with Gasteiger partial charge in [-0.05, 0) is 43.7 Å². The highest BCUT2D eigenvalue weighted by Crippen LogP contribution is 2.12. The normalized spacial score (nSPS) is 10.6. The lowest BCUT2D eigenvalue weighted by atomic mass is 10.2. The third-order valence-electron chi connectivity index (χ3n) is 2.63. The van der Waals surface area contributed by atoms with Crippen molar-refractivity contribution in [3.63, 3.8) is 0 Å². The third kappa shape index (κ3) is 4.14. The molecule has 2 aromatic rings. The molecule has 2 rings (SSSR count). The Hall–Kier alpha value is -2.29. The van der Waals surface area contributed by atoms with Crippen molar-refractivity contribution < 1.29 is 4.74 Å². The first kappa shape index (κ1) is 13.1. The van der Waals surface area contributed by atoms with Crippen molar-refractivity contribution in [1.29, 1.82) is 0 Å². The lowest BCUT2D eigenvalue weighted by Crippen LogP contribution is -1.93. The van der Waals surface area contributed by atoms with Gasteiger partial charge in [-0.2, -0.15) is 5.10 Å². The van der Waals surface area contributed by atoms with Gasteiger partial charge in [0.1, 0.15) is 5.75 Å². The Bertz CT molecular complexity index is 547. The van der Waals surface area contributed by atoms with E-state index in [2.05, 4.69) is 17.5 Å². The van der Waals surface area contributed by atoms with Gasteiger partial charge in [0.15, 0.2) is 0 Å². The summed E-state index contributed by atoms with van der Waals surface area (Å²) in [5.41, 5.74) is 6.22. The number of nitrogens with one attached hydrogen (secondary N) is 1. The molecule has 0 spiro atoms. The van der Waals surface area contributed by atoms with Crippen molar-refractivity contribution in [3.05, 3.63) is 59.7 Å². The van der Waals surface area contributed by atoms with E-state index in [1.165, 1.54) is 5.56 Å². The van der Waals surface area contributed by atoms with E-state index in [-0.39, 0.29) is 0 Å². The van der Waals surface area contributed by atoms with Crippen LogP contribution in [0.1, 0.15) is 18.1 Å². The molecular formula is C16H18N2O. The maximum atomic E-state index is 5.44. The minimum Gasteiger partial charge on any atom is -0.494 e. The molecule has 0 amide bonds. The molecule has 0 heterocycles. The number of rotatable bonds is 5. The van der Waals surface area contributed by atoms with Crippen LogP contribution in [0.2, 0.25) is 0 Å². The number of benzene rings is 2. The smallest absolute Gasteiger partial charge is 0.119 e. The highest BCUT2D eigenvalue weighted by atomic mass is 16.5. The van der Waals surface area contributed by atoms with E-state index in [1.54, 1.807) is 6.21 Å². The van der Waals surface area contributed by atoms with Gasteiger partial charge in [-0.1, -0.05) is 29.8 Å². The van der Waals surface area contributed by atoms with Crippen LogP contribution in [0, 0.1) is 6.92 Å². The Morgan fingerprint density at radius 1 is 1.16 bits per heavy atom. The molecule has 3 heteroatoms. The molecule has 0 aliphatic heterocycles. The van der Waals surface area contributed by atoms with Crippen LogP contribution in [-0.2, 0) is 0 Å².